The third-order valence-corrected chi connectivity index (χ3v) is 3.87. The molecule has 0 aliphatic carbocycles. The minimum atomic E-state index is -0.307. The van der Waals surface area contributed by atoms with Crippen molar-refractivity contribution in [3.63, 3.8) is 0 Å². The van der Waals surface area contributed by atoms with E-state index >= 15 is 0 Å². The van der Waals surface area contributed by atoms with Crippen molar-refractivity contribution in [1.29, 1.82) is 0 Å². The van der Waals surface area contributed by atoms with Gasteiger partial charge in [-0.05, 0) is 49.6 Å². The summed E-state index contributed by atoms with van der Waals surface area (Å²) in [6.07, 6.45) is 1.69. The number of halogens is 3. The minimum absolute atomic E-state index is 0.274. The molecule has 0 saturated heterocycles. The van der Waals surface area contributed by atoms with Crippen LogP contribution in [0.3, 0.4) is 0 Å². The van der Waals surface area contributed by atoms with Crippen LogP contribution in [0.4, 0.5) is 4.39 Å². The van der Waals surface area contributed by atoms with Crippen LogP contribution in [0.25, 0.3) is 0 Å². The van der Waals surface area contributed by atoms with Crippen molar-refractivity contribution in [3.8, 4) is 0 Å². The van der Waals surface area contributed by atoms with Gasteiger partial charge in [-0.3, -0.25) is 10.5 Å². The van der Waals surface area contributed by atoms with Crippen LogP contribution in [0.2, 0.25) is 0 Å². The summed E-state index contributed by atoms with van der Waals surface area (Å²) in [4.78, 5) is 0. The van der Waals surface area contributed by atoms with Crippen molar-refractivity contribution < 1.29 is 4.39 Å². The van der Waals surface area contributed by atoms with Crippen LogP contribution >= 0.6 is 31.9 Å². The molecule has 1 heterocycles. The number of aryl methyl sites for hydroxylation is 1. The van der Waals surface area contributed by atoms with Crippen molar-refractivity contribution in [3.05, 3.63) is 50.4 Å². The molecule has 1 aromatic carbocycles. The van der Waals surface area contributed by atoms with Crippen LogP contribution in [-0.4, -0.2) is 9.78 Å². The summed E-state index contributed by atoms with van der Waals surface area (Å²) in [7, 11) is 1.82. The van der Waals surface area contributed by atoms with Crippen LogP contribution in [0.15, 0.2) is 33.3 Å². The van der Waals surface area contributed by atoms with Crippen molar-refractivity contribution in [2.75, 3.05) is 0 Å². The minimum Gasteiger partial charge on any atom is -0.271 e. The highest BCUT2D eigenvalue weighted by Crippen LogP contribution is 2.29. The number of nitrogens with one attached hydrogen (secondary N) is 1. The number of aromatic nitrogens is 2. The van der Waals surface area contributed by atoms with Crippen LogP contribution in [-0.2, 0) is 7.05 Å². The van der Waals surface area contributed by atoms with E-state index in [2.05, 4.69) is 42.4 Å². The molecule has 1 atom stereocenters. The Labute approximate surface area is 121 Å². The third-order valence-electron chi connectivity index (χ3n) is 2.65. The second-order valence-electron chi connectivity index (χ2n) is 3.77. The van der Waals surface area contributed by atoms with E-state index in [0.29, 0.717) is 4.47 Å². The van der Waals surface area contributed by atoms with E-state index in [0.717, 1.165) is 15.7 Å². The van der Waals surface area contributed by atoms with E-state index in [9.17, 15) is 4.39 Å². The second-order valence-corrected chi connectivity index (χ2v) is 5.48. The highest BCUT2D eigenvalue weighted by atomic mass is 79.9. The van der Waals surface area contributed by atoms with E-state index in [1.807, 2.05) is 7.05 Å². The van der Waals surface area contributed by atoms with Gasteiger partial charge in [0.15, 0.2) is 0 Å². The molecule has 0 fully saturated rings. The average molecular weight is 378 g/mol. The molecular formula is C11H11Br2FN4. The number of rotatable bonds is 3. The van der Waals surface area contributed by atoms with Crippen molar-refractivity contribution >= 4 is 31.9 Å². The maximum Gasteiger partial charge on any atom is 0.137 e. The quantitative estimate of drug-likeness (QED) is 0.638. The average Bonchev–Trinajstić information content (AvgIpc) is 2.66. The molecule has 0 amide bonds. The van der Waals surface area contributed by atoms with Crippen molar-refractivity contribution in [2.45, 2.75) is 6.04 Å². The SMILES string of the molecule is Cn1ncc(Br)c1C(NN)c1ccc(F)c(Br)c1. The zero-order chi connectivity index (χ0) is 13.3. The Morgan fingerprint density at radius 3 is 2.61 bits per heavy atom. The van der Waals surface area contributed by atoms with Crippen LogP contribution in [0.1, 0.15) is 17.3 Å². The zero-order valence-corrected chi connectivity index (χ0v) is 12.7. The monoisotopic (exact) mass is 376 g/mol. The first-order valence-electron chi connectivity index (χ1n) is 5.13. The Hall–Kier alpha value is -0.760. The van der Waals surface area contributed by atoms with Gasteiger partial charge in [-0.25, -0.2) is 9.82 Å². The first-order valence-corrected chi connectivity index (χ1v) is 6.71. The fourth-order valence-electron chi connectivity index (χ4n) is 1.77. The summed E-state index contributed by atoms with van der Waals surface area (Å²) in [6, 6.07) is 4.50. The fraction of sp³-hybridized carbons (Fsp3) is 0.182. The molecule has 0 aliphatic rings. The summed E-state index contributed by atoms with van der Waals surface area (Å²) in [5.74, 6) is 5.29. The van der Waals surface area contributed by atoms with Gasteiger partial charge in [0, 0.05) is 7.05 Å². The summed E-state index contributed by atoms with van der Waals surface area (Å²) in [5, 5.41) is 4.14. The molecule has 0 aliphatic heterocycles. The predicted octanol–water partition coefficient (Wildman–Crippen LogP) is 2.64. The maximum absolute atomic E-state index is 13.2. The van der Waals surface area contributed by atoms with E-state index in [4.69, 9.17) is 5.84 Å². The fourth-order valence-corrected chi connectivity index (χ4v) is 2.74. The Balaban J connectivity index is 2.48. The zero-order valence-electron chi connectivity index (χ0n) is 9.49. The first kappa shape index (κ1) is 13.7. The van der Waals surface area contributed by atoms with Gasteiger partial charge in [-0.15, -0.1) is 0 Å². The highest BCUT2D eigenvalue weighted by molar-refractivity contribution is 9.10. The number of benzene rings is 1. The first-order chi connectivity index (χ1) is 8.54. The number of hydrogen-bond donors (Lipinski definition) is 2. The van der Waals surface area contributed by atoms with E-state index < -0.39 is 0 Å². The molecule has 18 heavy (non-hydrogen) atoms. The summed E-state index contributed by atoms with van der Waals surface area (Å²) in [5.41, 5.74) is 4.43. The summed E-state index contributed by atoms with van der Waals surface area (Å²) < 4.78 is 16.2. The molecule has 0 bridgehead atoms. The van der Waals surface area contributed by atoms with E-state index in [-0.39, 0.29) is 11.9 Å². The summed E-state index contributed by atoms with van der Waals surface area (Å²) in [6.45, 7) is 0. The summed E-state index contributed by atoms with van der Waals surface area (Å²) >= 11 is 6.59. The molecule has 2 aromatic rings. The third kappa shape index (κ3) is 2.49. The Bertz CT molecular complexity index is 551. The lowest BCUT2D eigenvalue weighted by Gasteiger charge is -2.18. The van der Waals surface area contributed by atoms with Gasteiger partial charge in [-0.2, -0.15) is 5.10 Å². The molecule has 0 spiro atoms. The van der Waals surface area contributed by atoms with Gasteiger partial charge < -0.3 is 0 Å². The van der Waals surface area contributed by atoms with Crippen LogP contribution < -0.4 is 11.3 Å². The number of nitrogens with zero attached hydrogens (tertiary/aromatic N) is 2. The lowest BCUT2D eigenvalue weighted by molar-refractivity contribution is 0.569. The molecule has 0 saturated carbocycles. The largest absolute Gasteiger partial charge is 0.271 e. The smallest absolute Gasteiger partial charge is 0.137 e. The number of hydrogen-bond acceptors (Lipinski definition) is 3. The second kappa shape index (κ2) is 5.48. The molecule has 1 unspecified atom stereocenters. The molecular weight excluding hydrogens is 367 g/mol. The molecule has 4 nitrogen and oxygen atoms in total. The Morgan fingerprint density at radius 1 is 1.39 bits per heavy atom. The van der Waals surface area contributed by atoms with E-state index in [1.54, 1.807) is 23.0 Å². The standard InChI is InChI=1S/C11H11Br2FN4/c1-18-11(8(13)5-16-18)10(17-15)6-2-3-9(14)7(12)4-6/h2-5,10,17H,15H2,1H3. The number of nitrogens with two attached hydrogens (primary N) is 1. The van der Waals surface area contributed by atoms with Crippen molar-refractivity contribution in [1.82, 2.24) is 15.2 Å². The normalized spacial score (nSPS) is 12.7. The van der Waals surface area contributed by atoms with Crippen LogP contribution in [0, 0.1) is 5.82 Å². The maximum atomic E-state index is 13.2. The van der Waals surface area contributed by atoms with Gasteiger partial charge in [0.2, 0.25) is 0 Å². The molecule has 2 rings (SSSR count). The highest BCUT2D eigenvalue weighted by Gasteiger charge is 2.20. The Kier molecular flexibility index (Phi) is 4.16. The molecule has 3 N–H and O–H groups in total. The van der Waals surface area contributed by atoms with Crippen molar-refractivity contribution in [2.24, 2.45) is 12.9 Å². The van der Waals surface area contributed by atoms with Gasteiger partial charge in [-0.1, -0.05) is 6.07 Å². The Morgan fingerprint density at radius 2 is 2.11 bits per heavy atom. The molecule has 7 heteroatoms. The lowest BCUT2D eigenvalue weighted by Crippen LogP contribution is -2.30. The molecule has 1 aromatic heterocycles. The van der Waals surface area contributed by atoms with Gasteiger partial charge in [0.25, 0.3) is 0 Å². The lowest BCUT2D eigenvalue weighted by atomic mass is 10.0. The molecule has 96 valence electrons. The van der Waals surface area contributed by atoms with Gasteiger partial charge >= 0.3 is 0 Å². The van der Waals surface area contributed by atoms with E-state index in [1.165, 1.54) is 6.07 Å². The number of hydrazine groups is 1. The topological polar surface area (TPSA) is 55.9 Å². The van der Waals surface area contributed by atoms with Gasteiger partial charge in [0.1, 0.15) is 5.82 Å². The van der Waals surface area contributed by atoms with Crippen LogP contribution in [0.5, 0.6) is 0 Å². The van der Waals surface area contributed by atoms with Gasteiger partial charge in [0.05, 0.1) is 26.9 Å². The molecule has 0 radical (unpaired) electrons. The predicted molar refractivity (Wildman–Crippen MR) is 74.2 cm³/mol.